The molecule has 2 nitrogen and oxygen atoms in total. The quantitative estimate of drug-likeness (QED) is 0.821. The van der Waals surface area contributed by atoms with E-state index in [-0.39, 0.29) is 24.8 Å². The topological polar surface area (TPSA) is 15.3 Å². The summed E-state index contributed by atoms with van der Waals surface area (Å²) in [6, 6.07) is 20.4. The van der Waals surface area contributed by atoms with Gasteiger partial charge >= 0.3 is 0 Å². The van der Waals surface area contributed by atoms with Gasteiger partial charge in [0, 0.05) is 19.1 Å². The average molecular weight is 381 g/mol. The van der Waals surface area contributed by atoms with Gasteiger partial charge in [-0.2, -0.15) is 0 Å². The van der Waals surface area contributed by atoms with Crippen molar-refractivity contribution in [3.05, 3.63) is 71.3 Å². The Morgan fingerprint density at radius 1 is 0.960 bits per heavy atom. The Balaban J connectivity index is 0.00000156. The third-order valence-corrected chi connectivity index (χ3v) is 4.97. The minimum absolute atomic E-state index is 0. The maximum atomic E-state index is 3.81. The van der Waals surface area contributed by atoms with Crippen molar-refractivity contribution in [3.63, 3.8) is 0 Å². The molecule has 1 heterocycles. The highest BCUT2D eigenvalue weighted by atomic mass is 35.5. The summed E-state index contributed by atoms with van der Waals surface area (Å²) in [7, 11) is 2.25. The van der Waals surface area contributed by atoms with Crippen LogP contribution in [0.5, 0.6) is 0 Å². The monoisotopic (exact) mass is 380 g/mol. The fraction of sp³-hybridized carbons (Fsp3) is 0.429. The fourth-order valence-corrected chi connectivity index (χ4v) is 3.56. The second kappa shape index (κ2) is 10.8. The minimum atomic E-state index is 0. The molecule has 2 atom stereocenters. The Kier molecular flexibility index (Phi) is 9.52. The first-order valence-corrected chi connectivity index (χ1v) is 8.72. The van der Waals surface area contributed by atoms with E-state index in [1.165, 1.54) is 36.2 Å². The first kappa shape index (κ1) is 22.0. The molecule has 0 aliphatic carbocycles. The van der Waals surface area contributed by atoms with E-state index in [2.05, 4.69) is 78.8 Å². The number of nitrogens with one attached hydrogen (secondary N) is 1. The molecule has 4 heteroatoms. The van der Waals surface area contributed by atoms with E-state index >= 15 is 0 Å². The van der Waals surface area contributed by atoms with Crippen LogP contribution in [0.3, 0.4) is 0 Å². The molecule has 1 saturated heterocycles. The van der Waals surface area contributed by atoms with Gasteiger partial charge in [0.15, 0.2) is 0 Å². The van der Waals surface area contributed by atoms with Gasteiger partial charge in [0.05, 0.1) is 0 Å². The highest BCUT2D eigenvalue weighted by molar-refractivity contribution is 5.85. The molecule has 0 saturated carbocycles. The maximum Gasteiger partial charge on any atom is 0.0208 e. The standard InChI is InChI=1S/C21H28N2.2ClH/c1-17-8-10-18(11-9-17)14-20-16-23(2)13-12-21(20)22-15-19-6-4-3-5-7-19;;/h3-11,20-22H,12-16H2,1-2H3;2*1H/t20-,21+;;/m0../s1. The molecule has 2 aromatic rings. The maximum absolute atomic E-state index is 3.81. The van der Waals surface area contributed by atoms with Crippen LogP contribution in [0.1, 0.15) is 23.1 Å². The number of benzene rings is 2. The molecule has 0 bridgehead atoms. The molecule has 0 spiro atoms. The predicted molar refractivity (Wildman–Crippen MR) is 112 cm³/mol. The summed E-state index contributed by atoms with van der Waals surface area (Å²) in [6.07, 6.45) is 2.40. The molecule has 138 valence electrons. The molecule has 1 fully saturated rings. The number of hydrogen-bond donors (Lipinski definition) is 1. The summed E-state index contributed by atoms with van der Waals surface area (Å²) >= 11 is 0. The number of piperidine rings is 1. The van der Waals surface area contributed by atoms with Crippen LogP contribution in [0, 0.1) is 12.8 Å². The van der Waals surface area contributed by atoms with Gasteiger partial charge < -0.3 is 10.2 Å². The van der Waals surface area contributed by atoms with Gasteiger partial charge in [-0.05, 0) is 50.4 Å². The first-order chi connectivity index (χ1) is 11.2. The third-order valence-electron chi connectivity index (χ3n) is 4.97. The molecular weight excluding hydrogens is 351 g/mol. The largest absolute Gasteiger partial charge is 0.310 e. The molecular formula is C21H30Cl2N2. The summed E-state index contributed by atoms with van der Waals surface area (Å²) in [5.41, 5.74) is 4.18. The molecule has 1 aliphatic heterocycles. The molecule has 0 amide bonds. The Morgan fingerprint density at radius 2 is 1.64 bits per heavy atom. The summed E-state index contributed by atoms with van der Waals surface area (Å²) in [5, 5.41) is 3.81. The zero-order chi connectivity index (χ0) is 16.1. The van der Waals surface area contributed by atoms with Crippen LogP contribution in [0.15, 0.2) is 54.6 Å². The Morgan fingerprint density at radius 3 is 2.32 bits per heavy atom. The number of likely N-dealkylation sites (tertiary alicyclic amines) is 1. The number of hydrogen-bond acceptors (Lipinski definition) is 2. The van der Waals surface area contributed by atoms with Crippen molar-refractivity contribution in [3.8, 4) is 0 Å². The number of nitrogens with zero attached hydrogens (tertiary/aromatic N) is 1. The lowest BCUT2D eigenvalue weighted by atomic mass is 9.86. The Hall–Kier alpha value is -1.06. The van der Waals surface area contributed by atoms with Gasteiger partial charge in [-0.3, -0.25) is 0 Å². The second-order valence-corrected chi connectivity index (χ2v) is 6.97. The first-order valence-electron chi connectivity index (χ1n) is 8.72. The van der Waals surface area contributed by atoms with E-state index in [1.54, 1.807) is 0 Å². The smallest absolute Gasteiger partial charge is 0.0208 e. The molecule has 2 aromatic carbocycles. The normalized spacial score (nSPS) is 20.4. The second-order valence-electron chi connectivity index (χ2n) is 6.97. The Labute approximate surface area is 164 Å². The lowest BCUT2D eigenvalue weighted by molar-refractivity contribution is 0.162. The SMILES string of the molecule is Cc1ccc(C[C@H]2CN(C)CC[C@H]2NCc2ccccc2)cc1.Cl.Cl. The van der Waals surface area contributed by atoms with E-state index in [1.807, 2.05) is 0 Å². The van der Waals surface area contributed by atoms with Crippen molar-refractivity contribution >= 4 is 24.8 Å². The average Bonchev–Trinajstić information content (AvgIpc) is 2.57. The van der Waals surface area contributed by atoms with Crippen LogP contribution >= 0.6 is 24.8 Å². The van der Waals surface area contributed by atoms with Crippen LogP contribution in [0.25, 0.3) is 0 Å². The highest BCUT2D eigenvalue weighted by Gasteiger charge is 2.27. The van der Waals surface area contributed by atoms with Crippen LogP contribution in [0.4, 0.5) is 0 Å². The van der Waals surface area contributed by atoms with Crippen molar-refractivity contribution < 1.29 is 0 Å². The van der Waals surface area contributed by atoms with Crippen molar-refractivity contribution in [2.24, 2.45) is 5.92 Å². The van der Waals surface area contributed by atoms with Crippen LogP contribution < -0.4 is 5.32 Å². The van der Waals surface area contributed by atoms with Crippen LogP contribution in [-0.4, -0.2) is 31.1 Å². The van der Waals surface area contributed by atoms with E-state index < -0.39 is 0 Å². The van der Waals surface area contributed by atoms with Gasteiger partial charge in [0.2, 0.25) is 0 Å². The van der Waals surface area contributed by atoms with Crippen molar-refractivity contribution in [2.75, 3.05) is 20.1 Å². The molecule has 25 heavy (non-hydrogen) atoms. The van der Waals surface area contributed by atoms with Gasteiger partial charge in [-0.25, -0.2) is 0 Å². The van der Waals surface area contributed by atoms with Gasteiger partial charge in [0.25, 0.3) is 0 Å². The predicted octanol–water partition coefficient (Wildman–Crippen LogP) is 4.49. The fourth-order valence-electron chi connectivity index (χ4n) is 3.56. The van der Waals surface area contributed by atoms with Crippen molar-refractivity contribution in [1.82, 2.24) is 10.2 Å². The number of halogens is 2. The van der Waals surface area contributed by atoms with Gasteiger partial charge in [-0.15, -0.1) is 24.8 Å². The van der Waals surface area contributed by atoms with E-state index in [9.17, 15) is 0 Å². The van der Waals surface area contributed by atoms with Crippen molar-refractivity contribution in [2.45, 2.75) is 32.4 Å². The lowest BCUT2D eigenvalue weighted by Gasteiger charge is -2.37. The summed E-state index contributed by atoms with van der Waals surface area (Å²) in [6.45, 7) is 5.50. The van der Waals surface area contributed by atoms with Crippen LogP contribution in [-0.2, 0) is 13.0 Å². The minimum Gasteiger partial charge on any atom is -0.310 e. The zero-order valence-electron chi connectivity index (χ0n) is 15.2. The molecule has 1 aliphatic rings. The molecule has 0 radical (unpaired) electrons. The number of rotatable bonds is 5. The van der Waals surface area contributed by atoms with E-state index in [0.29, 0.717) is 12.0 Å². The number of aryl methyl sites for hydroxylation is 1. The zero-order valence-corrected chi connectivity index (χ0v) is 16.8. The summed E-state index contributed by atoms with van der Waals surface area (Å²) in [5.74, 6) is 0.681. The van der Waals surface area contributed by atoms with Crippen molar-refractivity contribution in [1.29, 1.82) is 0 Å². The van der Waals surface area contributed by atoms with Gasteiger partial charge in [0.1, 0.15) is 0 Å². The van der Waals surface area contributed by atoms with Gasteiger partial charge in [-0.1, -0.05) is 60.2 Å². The Bertz CT molecular complexity index is 601. The molecule has 0 unspecified atom stereocenters. The van der Waals surface area contributed by atoms with Crippen LogP contribution in [0.2, 0.25) is 0 Å². The third kappa shape index (κ3) is 6.63. The van der Waals surface area contributed by atoms with E-state index in [4.69, 9.17) is 0 Å². The van der Waals surface area contributed by atoms with E-state index in [0.717, 1.165) is 13.0 Å². The molecule has 1 N–H and O–H groups in total. The lowest BCUT2D eigenvalue weighted by Crippen LogP contribution is -2.48. The summed E-state index contributed by atoms with van der Waals surface area (Å²) < 4.78 is 0. The summed E-state index contributed by atoms with van der Waals surface area (Å²) in [4.78, 5) is 2.47. The molecule has 0 aromatic heterocycles. The molecule has 3 rings (SSSR count). The highest BCUT2D eigenvalue weighted by Crippen LogP contribution is 2.21.